The Balaban J connectivity index is 2.21. The normalized spacial score (nSPS) is 26.8. The molecule has 1 saturated carbocycles. The summed E-state index contributed by atoms with van der Waals surface area (Å²) in [4.78, 5) is 27.2. The topological polar surface area (TPSA) is 95.9 Å². The maximum atomic E-state index is 11.7. The monoisotopic (exact) mass is 238 g/mol. The van der Waals surface area contributed by atoms with Gasteiger partial charge in [-0.3, -0.25) is 0 Å². The van der Waals surface area contributed by atoms with Crippen LogP contribution in [0, 0.1) is 0 Å². The highest BCUT2D eigenvalue weighted by atomic mass is 16.4. The Labute approximate surface area is 98.9 Å². The summed E-state index contributed by atoms with van der Waals surface area (Å²) >= 11 is 0. The number of carboxylic acids is 1. The van der Waals surface area contributed by atoms with Gasteiger partial charge in [-0.15, -0.1) is 0 Å². The second kappa shape index (κ2) is 4.73. The minimum Gasteiger partial charge on any atom is -0.862 e. The third-order valence-corrected chi connectivity index (χ3v) is 3.39. The van der Waals surface area contributed by atoms with Crippen molar-refractivity contribution >= 4 is 17.9 Å². The maximum absolute atomic E-state index is 11.7. The fourth-order valence-corrected chi connectivity index (χ4v) is 2.57. The van der Waals surface area contributed by atoms with Crippen molar-refractivity contribution in [3.8, 4) is 0 Å². The second-order valence-electron chi connectivity index (χ2n) is 4.53. The van der Waals surface area contributed by atoms with E-state index in [1.807, 2.05) is 0 Å². The number of aliphatic imine (C=N–C) groups is 1. The lowest BCUT2D eigenvalue weighted by atomic mass is 9.92. The second-order valence-corrected chi connectivity index (χ2v) is 4.53. The van der Waals surface area contributed by atoms with Gasteiger partial charge in [-0.2, -0.15) is 0 Å². The van der Waals surface area contributed by atoms with E-state index in [0.29, 0.717) is 0 Å². The van der Waals surface area contributed by atoms with E-state index in [2.05, 4.69) is 4.99 Å². The number of amides is 2. The first-order chi connectivity index (χ1) is 8.09. The Kier molecular flexibility index (Phi) is 3.31. The first-order valence-electron chi connectivity index (χ1n) is 5.87. The van der Waals surface area contributed by atoms with Crippen LogP contribution >= 0.6 is 0 Å². The Morgan fingerprint density at radius 3 is 2.53 bits per heavy atom. The lowest BCUT2D eigenvalue weighted by Crippen LogP contribution is -2.58. The Morgan fingerprint density at radius 2 is 1.94 bits per heavy atom. The van der Waals surface area contributed by atoms with Crippen LogP contribution in [0.1, 0.15) is 38.5 Å². The van der Waals surface area contributed by atoms with Gasteiger partial charge < -0.3 is 19.9 Å². The van der Waals surface area contributed by atoms with Gasteiger partial charge in [-0.05, 0) is 18.7 Å². The molecule has 1 atom stereocenters. The summed E-state index contributed by atoms with van der Waals surface area (Å²) in [5.74, 6) is -2.04. The van der Waals surface area contributed by atoms with Gasteiger partial charge in [0, 0.05) is 12.5 Å². The molecule has 1 fully saturated rings. The van der Waals surface area contributed by atoms with E-state index in [1.165, 1.54) is 4.90 Å². The molecule has 0 spiro atoms. The fraction of sp³-hybridized carbons (Fsp3) is 0.727. The molecule has 6 nitrogen and oxygen atoms in total. The van der Waals surface area contributed by atoms with Crippen LogP contribution in [-0.4, -0.2) is 34.9 Å². The zero-order chi connectivity index (χ0) is 12.4. The van der Waals surface area contributed by atoms with E-state index >= 15 is 0 Å². The van der Waals surface area contributed by atoms with Gasteiger partial charge >= 0.3 is 6.03 Å². The average molecular weight is 238 g/mol. The van der Waals surface area contributed by atoms with Gasteiger partial charge in [-0.1, -0.05) is 19.3 Å². The molecular weight excluding hydrogens is 224 g/mol. The van der Waals surface area contributed by atoms with Crippen LogP contribution < -0.4 is 10.2 Å². The predicted molar refractivity (Wildman–Crippen MR) is 55.0 cm³/mol. The number of aliphatic carboxylic acids is 1. The van der Waals surface area contributed by atoms with Gasteiger partial charge in [0.15, 0.2) is 0 Å². The van der Waals surface area contributed by atoms with Crippen molar-refractivity contribution in [1.82, 2.24) is 4.90 Å². The summed E-state index contributed by atoms with van der Waals surface area (Å²) in [6, 6.07) is -1.98. The highest BCUT2D eigenvalue weighted by molar-refractivity contribution is 5.96. The van der Waals surface area contributed by atoms with Crippen LogP contribution in [-0.2, 0) is 4.79 Å². The van der Waals surface area contributed by atoms with Crippen LogP contribution in [0.5, 0.6) is 0 Å². The van der Waals surface area contributed by atoms with Crippen molar-refractivity contribution in [2.75, 3.05) is 0 Å². The summed E-state index contributed by atoms with van der Waals surface area (Å²) in [6.07, 6.45) is 4.35. The highest BCUT2D eigenvalue weighted by Gasteiger charge is 2.34. The third kappa shape index (κ3) is 2.40. The summed E-state index contributed by atoms with van der Waals surface area (Å²) in [5, 5.41) is 22.1. The molecule has 1 aliphatic carbocycles. The first kappa shape index (κ1) is 11.9. The molecule has 1 heterocycles. The summed E-state index contributed by atoms with van der Waals surface area (Å²) in [7, 11) is 0. The van der Waals surface area contributed by atoms with Crippen molar-refractivity contribution < 1.29 is 19.8 Å². The van der Waals surface area contributed by atoms with Gasteiger partial charge in [0.25, 0.3) is 0 Å². The summed E-state index contributed by atoms with van der Waals surface area (Å²) in [5.41, 5.74) is 0. The van der Waals surface area contributed by atoms with E-state index in [4.69, 9.17) is 0 Å². The van der Waals surface area contributed by atoms with Crippen LogP contribution in [0.25, 0.3) is 0 Å². The Bertz CT molecular complexity index is 360. The average Bonchev–Trinajstić information content (AvgIpc) is 2.29. The number of urea groups is 1. The minimum absolute atomic E-state index is 0.115. The molecular formula is C11H14N2O4-2. The number of hydrogen-bond donors (Lipinski definition) is 0. The molecule has 1 aliphatic heterocycles. The highest BCUT2D eigenvalue weighted by Crippen LogP contribution is 2.27. The number of carboxylic acid groups (broad SMARTS) is 1. The fourth-order valence-electron chi connectivity index (χ4n) is 2.57. The number of hydrogen-bond acceptors (Lipinski definition) is 4. The molecule has 0 aromatic carbocycles. The minimum atomic E-state index is -1.37. The Hall–Kier alpha value is -1.59. The zero-order valence-corrected chi connectivity index (χ0v) is 9.42. The standard InChI is InChI=1S/C11H16N2O4/c14-9-6-8(10(15)16)13(11(17)12-9)7-4-2-1-3-5-7/h7-8H,1-6H2,(H,15,16)(H,12,14,17)/p-2. The SMILES string of the molecule is O=C([O-])C1CC([O-])=NC(=O)N1C1CCCCC1. The smallest absolute Gasteiger partial charge is 0.343 e. The quantitative estimate of drug-likeness (QED) is 0.617. The lowest BCUT2D eigenvalue weighted by Gasteiger charge is -2.42. The molecule has 0 N–H and O–H groups in total. The molecule has 0 saturated heterocycles. The largest absolute Gasteiger partial charge is 0.862 e. The third-order valence-electron chi connectivity index (χ3n) is 3.39. The van der Waals surface area contributed by atoms with E-state index in [-0.39, 0.29) is 12.5 Å². The van der Waals surface area contributed by atoms with Crippen LogP contribution in [0.2, 0.25) is 0 Å². The molecule has 0 aromatic heterocycles. The van der Waals surface area contributed by atoms with Crippen LogP contribution in [0.15, 0.2) is 4.99 Å². The van der Waals surface area contributed by atoms with Crippen molar-refractivity contribution in [1.29, 1.82) is 0 Å². The molecule has 2 amide bonds. The van der Waals surface area contributed by atoms with Crippen molar-refractivity contribution in [3.63, 3.8) is 0 Å². The van der Waals surface area contributed by atoms with Crippen molar-refractivity contribution in [2.24, 2.45) is 4.99 Å². The first-order valence-corrected chi connectivity index (χ1v) is 5.87. The molecule has 6 heteroatoms. The van der Waals surface area contributed by atoms with Gasteiger partial charge in [0.2, 0.25) is 0 Å². The molecule has 2 rings (SSSR count). The molecule has 17 heavy (non-hydrogen) atoms. The van der Waals surface area contributed by atoms with Gasteiger partial charge in [0.1, 0.15) is 0 Å². The van der Waals surface area contributed by atoms with Crippen LogP contribution in [0.4, 0.5) is 4.79 Å². The van der Waals surface area contributed by atoms with Crippen LogP contribution in [0.3, 0.4) is 0 Å². The Morgan fingerprint density at radius 1 is 1.29 bits per heavy atom. The lowest BCUT2D eigenvalue weighted by molar-refractivity contribution is -0.312. The van der Waals surface area contributed by atoms with E-state index in [9.17, 15) is 19.8 Å². The molecule has 0 aromatic rings. The van der Waals surface area contributed by atoms with E-state index in [0.717, 1.165) is 32.1 Å². The van der Waals surface area contributed by atoms with Crippen molar-refractivity contribution in [2.45, 2.75) is 50.6 Å². The number of carbonyl (C=O) groups is 2. The summed E-state index contributed by atoms with van der Waals surface area (Å²) < 4.78 is 0. The molecule has 1 unspecified atom stereocenters. The van der Waals surface area contributed by atoms with E-state index in [1.54, 1.807) is 0 Å². The molecule has 2 aliphatic rings. The number of rotatable bonds is 2. The molecule has 0 bridgehead atoms. The summed E-state index contributed by atoms with van der Waals surface area (Å²) in [6.45, 7) is 0. The maximum Gasteiger partial charge on any atom is 0.343 e. The zero-order valence-electron chi connectivity index (χ0n) is 9.42. The number of nitrogens with zero attached hydrogens (tertiary/aromatic N) is 2. The van der Waals surface area contributed by atoms with E-state index < -0.39 is 23.9 Å². The predicted octanol–water partition coefficient (Wildman–Crippen LogP) is -0.978. The van der Waals surface area contributed by atoms with Gasteiger partial charge in [-0.25, -0.2) is 9.79 Å². The molecule has 0 radical (unpaired) electrons. The number of carbonyl (C=O) groups excluding carboxylic acids is 2. The van der Waals surface area contributed by atoms with Crippen molar-refractivity contribution in [3.05, 3.63) is 0 Å². The van der Waals surface area contributed by atoms with Gasteiger partial charge in [0.05, 0.1) is 12.0 Å². The molecule has 94 valence electrons.